The number of hydrogen-bond acceptors (Lipinski definition) is 2. The summed E-state index contributed by atoms with van der Waals surface area (Å²) in [6.07, 6.45) is 0. The van der Waals surface area contributed by atoms with Gasteiger partial charge in [-0.25, -0.2) is 0 Å². The van der Waals surface area contributed by atoms with Gasteiger partial charge < -0.3 is 4.74 Å². The molecule has 1 rings (SSSR count). The van der Waals surface area contributed by atoms with E-state index in [4.69, 9.17) is 4.74 Å². The second-order valence-electron chi connectivity index (χ2n) is 1.49. The molecule has 0 atom stereocenters. The van der Waals surface area contributed by atoms with Crippen molar-refractivity contribution < 1.29 is 4.74 Å². The molecule has 0 aliphatic heterocycles. The maximum Gasteiger partial charge on any atom is 0.137 e. The summed E-state index contributed by atoms with van der Waals surface area (Å²) in [5.41, 5.74) is 0. The van der Waals surface area contributed by atoms with Crippen LogP contribution in [-0.2, 0) is 0 Å². The first kappa shape index (κ1) is 5.63. The highest BCUT2D eigenvalue weighted by Crippen LogP contribution is 2.17. The topological polar surface area (TPSA) is 9.23 Å². The molecule has 0 aliphatic carbocycles. The monoisotopic (exact) mass is 127 g/mol. The Balaban J connectivity index is 2.84. The number of ether oxygens (including phenoxy) is 1. The third-order valence-electron chi connectivity index (χ3n) is 0.862. The van der Waals surface area contributed by atoms with Crippen LogP contribution in [0, 0.1) is 13.0 Å². The summed E-state index contributed by atoms with van der Waals surface area (Å²) in [5, 5.41) is 1.94. The van der Waals surface area contributed by atoms with Crippen LogP contribution < -0.4 is 4.74 Å². The molecule has 0 aromatic carbocycles. The Bertz CT molecular complexity index is 169. The highest BCUT2D eigenvalue weighted by atomic mass is 32.1. The largest absolute Gasteiger partial charge is 0.495 e. The summed E-state index contributed by atoms with van der Waals surface area (Å²) in [4.78, 5) is 1.17. The van der Waals surface area contributed by atoms with Gasteiger partial charge in [0.2, 0.25) is 0 Å². The average molecular weight is 127 g/mol. The van der Waals surface area contributed by atoms with Crippen molar-refractivity contribution in [1.29, 1.82) is 0 Å². The van der Waals surface area contributed by atoms with Gasteiger partial charge in [-0.2, -0.15) is 0 Å². The zero-order valence-electron chi connectivity index (χ0n) is 4.89. The lowest BCUT2D eigenvalue weighted by Gasteiger charge is -1.86. The number of rotatable bonds is 1. The number of methoxy groups -OCH3 is 1. The van der Waals surface area contributed by atoms with Gasteiger partial charge in [-0.3, -0.25) is 0 Å². The van der Waals surface area contributed by atoms with Crippen molar-refractivity contribution >= 4 is 11.3 Å². The second-order valence-corrected chi connectivity index (χ2v) is 2.57. The molecule has 0 spiro atoms. The van der Waals surface area contributed by atoms with Gasteiger partial charge in [0.15, 0.2) is 0 Å². The molecule has 0 unspecified atom stereocenters. The molecular formula is C6H7OS. The maximum absolute atomic E-state index is 4.89. The highest BCUT2D eigenvalue weighted by molar-refractivity contribution is 7.10. The van der Waals surface area contributed by atoms with Gasteiger partial charge in [0.25, 0.3) is 0 Å². The molecule has 1 radical (unpaired) electrons. The molecule has 0 fully saturated rings. The van der Waals surface area contributed by atoms with E-state index in [0.29, 0.717) is 0 Å². The van der Waals surface area contributed by atoms with Crippen LogP contribution in [0.15, 0.2) is 5.38 Å². The highest BCUT2D eigenvalue weighted by Gasteiger charge is 1.91. The number of hydrogen-bond donors (Lipinski definition) is 0. The first-order valence-electron chi connectivity index (χ1n) is 2.34. The van der Waals surface area contributed by atoms with E-state index in [2.05, 4.69) is 6.07 Å². The van der Waals surface area contributed by atoms with Gasteiger partial charge in [-0.1, -0.05) is 0 Å². The molecule has 0 bridgehead atoms. The summed E-state index contributed by atoms with van der Waals surface area (Å²) >= 11 is 1.65. The molecule has 0 saturated carbocycles. The SMILES string of the molecule is COc1[c]c(C)sc1. The van der Waals surface area contributed by atoms with E-state index in [1.54, 1.807) is 18.4 Å². The van der Waals surface area contributed by atoms with Crippen LogP contribution in [0.2, 0.25) is 0 Å². The fourth-order valence-corrected chi connectivity index (χ4v) is 1.07. The quantitative estimate of drug-likeness (QED) is 0.559. The predicted molar refractivity (Wildman–Crippen MR) is 34.4 cm³/mol. The van der Waals surface area contributed by atoms with Gasteiger partial charge >= 0.3 is 0 Å². The zero-order valence-corrected chi connectivity index (χ0v) is 5.71. The Morgan fingerprint density at radius 1 is 1.75 bits per heavy atom. The lowest BCUT2D eigenvalue weighted by atomic mass is 10.5. The molecule has 0 amide bonds. The summed E-state index contributed by atoms with van der Waals surface area (Å²) < 4.78 is 4.89. The van der Waals surface area contributed by atoms with Crippen LogP contribution in [0.4, 0.5) is 0 Å². The van der Waals surface area contributed by atoms with Gasteiger partial charge in [0.1, 0.15) is 5.75 Å². The first-order valence-corrected chi connectivity index (χ1v) is 3.22. The summed E-state index contributed by atoms with van der Waals surface area (Å²) in [5.74, 6) is 0.840. The molecule has 0 N–H and O–H groups in total. The van der Waals surface area contributed by atoms with E-state index in [1.807, 2.05) is 12.3 Å². The summed E-state index contributed by atoms with van der Waals surface area (Å²) in [6, 6.07) is 3.02. The van der Waals surface area contributed by atoms with Gasteiger partial charge in [-0.05, 0) is 6.92 Å². The van der Waals surface area contributed by atoms with Crippen LogP contribution in [0.3, 0.4) is 0 Å². The molecular weight excluding hydrogens is 120 g/mol. The molecule has 1 aromatic rings. The molecule has 1 aromatic heterocycles. The Hall–Kier alpha value is -0.500. The van der Waals surface area contributed by atoms with E-state index >= 15 is 0 Å². The number of thiophene rings is 1. The fraction of sp³-hybridized carbons (Fsp3) is 0.333. The predicted octanol–water partition coefficient (Wildman–Crippen LogP) is 1.87. The van der Waals surface area contributed by atoms with Crippen molar-refractivity contribution in [2.24, 2.45) is 0 Å². The smallest absolute Gasteiger partial charge is 0.137 e. The normalized spacial score (nSPS) is 9.25. The summed E-state index contributed by atoms with van der Waals surface area (Å²) in [6.45, 7) is 2.01. The number of aryl methyl sites for hydroxylation is 1. The van der Waals surface area contributed by atoms with Crippen molar-refractivity contribution in [3.63, 3.8) is 0 Å². The van der Waals surface area contributed by atoms with Crippen molar-refractivity contribution in [2.45, 2.75) is 6.92 Å². The summed E-state index contributed by atoms with van der Waals surface area (Å²) in [7, 11) is 1.65. The van der Waals surface area contributed by atoms with Crippen LogP contribution >= 0.6 is 11.3 Å². The third-order valence-corrected chi connectivity index (χ3v) is 1.65. The second kappa shape index (κ2) is 2.18. The Labute approximate surface area is 52.9 Å². The minimum Gasteiger partial charge on any atom is -0.495 e. The fourth-order valence-electron chi connectivity index (χ4n) is 0.473. The zero-order chi connectivity index (χ0) is 5.98. The molecule has 0 saturated heterocycles. The van der Waals surface area contributed by atoms with Crippen molar-refractivity contribution in [1.82, 2.24) is 0 Å². The average Bonchev–Trinajstić information content (AvgIpc) is 2.14. The van der Waals surface area contributed by atoms with Gasteiger partial charge in [-0.15, -0.1) is 11.3 Å². The minimum atomic E-state index is 0.840. The standard InChI is InChI=1S/C6H7OS/c1-5-3-6(7-2)4-8-5/h4H,1-2H3. The van der Waals surface area contributed by atoms with E-state index < -0.39 is 0 Å². The maximum atomic E-state index is 4.89. The van der Waals surface area contributed by atoms with E-state index in [9.17, 15) is 0 Å². The Kier molecular flexibility index (Phi) is 1.53. The Morgan fingerprint density at radius 3 is 2.75 bits per heavy atom. The third kappa shape index (κ3) is 1.01. The van der Waals surface area contributed by atoms with Crippen LogP contribution in [0.1, 0.15) is 4.88 Å². The molecule has 1 heterocycles. The molecule has 1 nitrogen and oxygen atoms in total. The lowest BCUT2D eigenvalue weighted by molar-refractivity contribution is 0.415. The lowest BCUT2D eigenvalue weighted by Crippen LogP contribution is -1.75. The Morgan fingerprint density at radius 2 is 2.50 bits per heavy atom. The van der Waals surface area contributed by atoms with Crippen molar-refractivity contribution in [2.75, 3.05) is 7.11 Å². The van der Waals surface area contributed by atoms with E-state index in [0.717, 1.165) is 5.75 Å². The van der Waals surface area contributed by atoms with Crippen molar-refractivity contribution in [3.8, 4) is 5.75 Å². The minimum absolute atomic E-state index is 0.840. The van der Waals surface area contributed by atoms with Crippen LogP contribution in [0.5, 0.6) is 5.75 Å². The van der Waals surface area contributed by atoms with E-state index in [1.165, 1.54) is 4.88 Å². The van der Waals surface area contributed by atoms with Gasteiger partial charge in [0, 0.05) is 16.3 Å². The molecule has 0 aliphatic rings. The van der Waals surface area contributed by atoms with E-state index in [-0.39, 0.29) is 0 Å². The van der Waals surface area contributed by atoms with Gasteiger partial charge in [0.05, 0.1) is 7.11 Å². The van der Waals surface area contributed by atoms with Crippen LogP contribution in [-0.4, -0.2) is 7.11 Å². The molecule has 8 heavy (non-hydrogen) atoms. The molecule has 2 heteroatoms. The first-order chi connectivity index (χ1) is 3.83. The van der Waals surface area contributed by atoms with Crippen LogP contribution in [0.25, 0.3) is 0 Å². The van der Waals surface area contributed by atoms with Crippen molar-refractivity contribution in [3.05, 3.63) is 16.3 Å². The molecule has 43 valence electrons.